The predicted molar refractivity (Wildman–Crippen MR) is 118 cm³/mol. The number of carboxylic acids is 1. The number of carbonyl (C=O) groups is 2. The van der Waals surface area contributed by atoms with Crippen molar-refractivity contribution < 1.29 is 29.0 Å². The highest BCUT2D eigenvalue weighted by atomic mass is 16.7. The number of hydrogen-bond acceptors (Lipinski definition) is 6. The van der Waals surface area contributed by atoms with Crippen LogP contribution < -0.4 is 9.47 Å². The molecular weight excluding hydrogens is 410 g/mol. The lowest BCUT2D eigenvalue weighted by Crippen LogP contribution is -2.06. The van der Waals surface area contributed by atoms with Crippen molar-refractivity contribution in [1.29, 1.82) is 0 Å². The third-order valence-corrected chi connectivity index (χ3v) is 4.84. The molecule has 0 aromatic heterocycles. The zero-order chi connectivity index (χ0) is 22.5. The molecule has 0 radical (unpaired) electrons. The van der Waals surface area contributed by atoms with Gasteiger partial charge in [0.15, 0.2) is 11.5 Å². The van der Waals surface area contributed by atoms with E-state index in [1.54, 1.807) is 36.4 Å². The Morgan fingerprint density at radius 1 is 1.03 bits per heavy atom. The summed E-state index contributed by atoms with van der Waals surface area (Å²) in [7, 11) is 1.53. The lowest BCUT2D eigenvalue weighted by molar-refractivity contribution is -0.136. The van der Waals surface area contributed by atoms with Crippen molar-refractivity contribution in [2.75, 3.05) is 7.11 Å². The van der Waals surface area contributed by atoms with Gasteiger partial charge in [-0.15, -0.1) is 0 Å². The van der Waals surface area contributed by atoms with E-state index in [0.717, 1.165) is 16.7 Å². The van der Waals surface area contributed by atoms with Crippen molar-refractivity contribution in [3.05, 3.63) is 101 Å². The molecule has 0 aliphatic carbocycles. The summed E-state index contributed by atoms with van der Waals surface area (Å²) in [6, 6.07) is 21.1. The third kappa shape index (κ3) is 4.52. The van der Waals surface area contributed by atoms with Gasteiger partial charge in [0.05, 0.1) is 18.2 Å². The Bertz CT molecular complexity index is 1210. The normalized spacial score (nSPS) is 14.1. The summed E-state index contributed by atoms with van der Waals surface area (Å²) in [5.41, 5.74) is 3.36. The van der Waals surface area contributed by atoms with Gasteiger partial charge in [0.2, 0.25) is 0 Å². The summed E-state index contributed by atoms with van der Waals surface area (Å²) < 4.78 is 11.3. The van der Waals surface area contributed by atoms with Gasteiger partial charge in [-0.2, -0.15) is 0 Å². The summed E-state index contributed by atoms with van der Waals surface area (Å²) in [6.45, 7) is 0.244. The maximum atomic E-state index is 12.2. The standard InChI is InChI=1S/C25H19NO6/c1-30-22-14-17(13-20-23(26-32-25(20)29)18-5-3-2-4-6-18)9-12-21(22)31-15-16-7-10-19(11-8-16)24(27)28/h2-14H,15H2,1H3,(H,27,28)/b20-13-. The van der Waals surface area contributed by atoms with Crippen molar-refractivity contribution in [2.45, 2.75) is 6.61 Å². The molecule has 160 valence electrons. The van der Waals surface area contributed by atoms with Crippen LogP contribution in [0.15, 0.2) is 83.5 Å². The van der Waals surface area contributed by atoms with Crippen LogP contribution in [0.25, 0.3) is 6.08 Å². The molecular formula is C25H19NO6. The fourth-order valence-corrected chi connectivity index (χ4v) is 3.18. The van der Waals surface area contributed by atoms with Crippen LogP contribution >= 0.6 is 0 Å². The highest BCUT2D eigenvalue weighted by Gasteiger charge is 2.26. The van der Waals surface area contributed by atoms with Crippen molar-refractivity contribution in [1.82, 2.24) is 0 Å². The van der Waals surface area contributed by atoms with Crippen molar-refractivity contribution in [3.63, 3.8) is 0 Å². The number of hydrogen-bond donors (Lipinski definition) is 1. The number of benzene rings is 3. The van der Waals surface area contributed by atoms with Crippen LogP contribution in [0.1, 0.15) is 27.0 Å². The SMILES string of the molecule is COc1cc(/C=C2\C(=O)ON=C2c2ccccc2)ccc1OCc1ccc(C(=O)O)cc1. The van der Waals surface area contributed by atoms with E-state index < -0.39 is 11.9 Å². The molecule has 1 heterocycles. The van der Waals surface area contributed by atoms with E-state index in [1.807, 2.05) is 30.3 Å². The van der Waals surface area contributed by atoms with Gasteiger partial charge in [0.1, 0.15) is 12.3 Å². The van der Waals surface area contributed by atoms with E-state index in [9.17, 15) is 9.59 Å². The lowest BCUT2D eigenvalue weighted by Gasteiger charge is -2.12. The van der Waals surface area contributed by atoms with Crippen LogP contribution in [-0.2, 0) is 16.2 Å². The van der Waals surface area contributed by atoms with E-state index in [1.165, 1.54) is 19.2 Å². The van der Waals surface area contributed by atoms with Gasteiger partial charge >= 0.3 is 11.9 Å². The molecule has 0 unspecified atom stereocenters. The monoisotopic (exact) mass is 429 g/mol. The van der Waals surface area contributed by atoms with E-state index in [0.29, 0.717) is 22.8 Å². The number of methoxy groups -OCH3 is 1. The zero-order valence-electron chi connectivity index (χ0n) is 17.1. The Morgan fingerprint density at radius 3 is 2.47 bits per heavy atom. The minimum Gasteiger partial charge on any atom is -0.493 e. The van der Waals surface area contributed by atoms with Crippen LogP contribution in [0.5, 0.6) is 11.5 Å². The van der Waals surface area contributed by atoms with Crippen molar-refractivity contribution in [2.24, 2.45) is 5.16 Å². The molecule has 0 amide bonds. The molecule has 7 nitrogen and oxygen atoms in total. The Kier molecular flexibility index (Phi) is 5.98. The second kappa shape index (κ2) is 9.18. The summed E-state index contributed by atoms with van der Waals surface area (Å²) in [4.78, 5) is 28.1. The first-order chi connectivity index (χ1) is 15.5. The number of rotatable bonds is 7. The molecule has 0 spiro atoms. The molecule has 0 saturated carbocycles. The topological polar surface area (TPSA) is 94.4 Å². The predicted octanol–water partition coefficient (Wildman–Crippen LogP) is 4.32. The van der Waals surface area contributed by atoms with Gasteiger partial charge < -0.3 is 19.4 Å². The largest absolute Gasteiger partial charge is 0.493 e. The van der Waals surface area contributed by atoms with Crippen LogP contribution in [-0.4, -0.2) is 29.9 Å². The van der Waals surface area contributed by atoms with Gasteiger partial charge in [-0.1, -0.05) is 53.7 Å². The van der Waals surface area contributed by atoms with Crippen molar-refractivity contribution in [3.8, 4) is 11.5 Å². The molecule has 32 heavy (non-hydrogen) atoms. The first-order valence-electron chi connectivity index (χ1n) is 9.75. The summed E-state index contributed by atoms with van der Waals surface area (Å²) in [6.07, 6.45) is 1.69. The number of carboxylic acid groups (broad SMARTS) is 1. The van der Waals surface area contributed by atoms with E-state index >= 15 is 0 Å². The van der Waals surface area contributed by atoms with Gasteiger partial charge in [0.25, 0.3) is 0 Å². The fraction of sp³-hybridized carbons (Fsp3) is 0.0800. The highest BCUT2D eigenvalue weighted by Crippen LogP contribution is 2.30. The molecule has 3 aromatic carbocycles. The van der Waals surface area contributed by atoms with Crippen LogP contribution in [0.2, 0.25) is 0 Å². The molecule has 4 rings (SSSR count). The number of nitrogens with zero attached hydrogens (tertiary/aromatic N) is 1. The molecule has 0 bridgehead atoms. The molecule has 7 heteroatoms. The van der Waals surface area contributed by atoms with E-state index in [2.05, 4.69) is 5.16 Å². The maximum Gasteiger partial charge on any atom is 0.368 e. The Labute approximate surface area is 184 Å². The summed E-state index contributed by atoms with van der Waals surface area (Å²) in [5.74, 6) is -0.489. The van der Waals surface area contributed by atoms with E-state index in [4.69, 9.17) is 19.4 Å². The first kappa shape index (κ1) is 20.9. The lowest BCUT2D eigenvalue weighted by atomic mass is 10.0. The number of carbonyl (C=O) groups excluding carboxylic acids is 1. The summed E-state index contributed by atoms with van der Waals surface area (Å²) >= 11 is 0. The quantitative estimate of drug-likeness (QED) is 0.444. The minimum atomic E-state index is -0.976. The molecule has 0 atom stereocenters. The van der Waals surface area contributed by atoms with Gasteiger partial charge in [-0.05, 0) is 41.5 Å². The molecule has 0 saturated heterocycles. The average molecular weight is 429 g/mol. The van der Waals surface area contributed by atoms with Gasteiger partial charge in [-0.3, -0.25) is 0 Å². The highest BCUT2D eigenvalue weighted by molar-refractivity contribution is 6.31. The third-order valence-electron chi connectivity index (χ3n) is 4.84. The first-order valence-corrected chi connectivity index (χ1v) is 9.75. The number of ether oxygens (including phenoxy) is 2. The second-order valence-corrected chi connectivity index (χ2v) is 6.94. The summed E-state index contributed by atoms with van der Waals surface area (Å²) in [5, 5.41) is 12.9. The molecule has 1 aliphatic heterocycles. The molecule has 0 fully saturated rings. The second-order valence-electron chi connectivity index (χ2n) is 6.94. The van der Waals surface area contributed by atoms with Gasteiger partial charge in [0, 0.05) is 5.56 Å². The zero-order valence-corrected chi connectivity index (χ0v) is 17.1. The molecule has 1 N–H and O–H groups in total. The number of aromatic carboxylic acids is 1. The van der Waals surface area contributed by atoms with Gasteiger partial charge in [-0.25, -0.2) is 9.59 Å². The van der Waals surface area contributed by atoms with Crippen LogP contribution in [0, 0.1) is 0 Å². The number of oxime groups is 1. The van der Waals surface area contributed by atoms with Crippen molar-refractivity contribution >= 4 is 23.7 Å². The van der Waals surface area contributed by atoms with Crippen LogP contribution in [0.4, 0.5) is 0 Å². The molecule has 1 aliphatic rings. The van der Waals surface area contributed by atoms with Crippen LogP contribution in [0.3, 0.4) is 0 Å². The smallest absolute Gasteiger partial charge is 0.368 e. The average Bonchev–Trinajstić information content (AvgIpc) is 3.18. The molecule has 3 aromatic rings. The fourth-order valence-electron chi connectivity index (χ4n) is 3.18. The Hall–Kier alpha value is -4.39. The Balaban J connectivity index is 1.53. The Morgan fingerprint density at radius 2 is 1.78 bits per heavy atom. The van der Waals surface area contributed by atoms with E-state index in [-0.39, 0.29) is 12.2 Å². The maximum absolute atomic E-state index is 12.2. The minimum absolute atomic E-state index is 0.215.